The van der Waals surface area contributed by atoms with Gasteiger partial charge in [0.25, 0.3) is 6.43 Å². The Bertz CT molecular complexity index is 994. The molecular formula is C23H27F2NO2S3. The van der Waals surface area contributed by atoms with E-state index in [-0.39, 0.29) is 6.42 Å². The highest BCUT2D eigenvalue weighted by atomic mass is 32.1. The number of ketones is 1. The average molecular weight is 484 g/mol. The fourth-order valence-corrected chi connectivity index (χ4v) is 6.38. The van der Waals surface area contributed by atoms with Crippen molar-refractivity contribution in [2.24, 2.45) is 0 Å². The number of Topliss-reactive ketones (excluding diaryl/α,β-unsaturated/α-hetero) is 1. The van der Waals surface area contributed by atoms with E-state index in [1.165, 1.54) is 31.3 Å². The predicted molar refractivity (Wildman–Crippen MR) is 128 cm³/mol. The van der Waals surface area contributed by atoms with Crippen molar-refractivity contribution < 1.29 is 18.7 Å². The summed E-state index contributed by atoms with van der Waals surface area (Å²) in [4.78, 5) is 18.5. The minimum atomic E-state index is -3.02. The Morgan fingerprint density at radius 1 is 1.06 bits per heavy atom. The van der Waals surface area contributed by atoms with Crippen molar-refractivity contribution in [1.82, 2.24) is 5.32 Å². The van der Waals surface area contributed by atoms with Gasteiger partial charge in [-0.3, -0.25) is 4.79 Å². The van der Waals surface area contributed by atoms with Crippen LogP contribution in [0.15, 0.2) is 41.8 Å². The topological polar surface area (TPSA) is 49.3 Å². The highest BCUT2D eigenvalue weighted by Crippen LogP contribution is 2.39. The summed E-state index contributed by atoms with van der Waals surface area (Å²) in [6.45, 7) is 4.37. The highest BCUT2D eigenvalue weighted by Gasteiger charge is 2.53. The maximum atomic E-state index is 13.4. The molecule has 2 N–H and O–H groups in total. The number of rotatable bonds is 11. The smallest absolute Gasteiger partial charge is 0.268 e. The molecule has 168 valence electrons. The molecule has 2 unspecified atom stereocenters. The molecule has 3 rings (SSSR count). The molecule has 2 atom stereocenters. The second-order valence-corrected chi connectivity index (χ2v) is 11.0. The van der Waals surface area contributed by atoms with Gasteiger partial charge < -0.3 is 10.4 Å². The molecule has 3 heterocycles. The monoisotopic (exact) mass is 483 g/mol. The first kappa shape index (κ1) is 24.2. The second kappa shape index (κ2) is 10.0. The number of aryl methyl sites for hydroxylation is 1. The maximum absolute atomic E-state index is 13.4. The quantitative estimate of drug-likeness (QED) is 0.307. The van der Waals surface area contributed by atoms with Gasteiger partial charge in [-0.15, -0.1) is 34.0 Å². The summed E-state index contributed by atoms with van der Waals surface area (Å²) in [5.41, 5.74) is -4.12. The van der Waals surface area contributed by atoms with Crippen molar-refractivity contribution >= 4 is 39.8 Å². The largest absolute Gasteiger partial charge is 0.382 e. The third-order valence-corrected chi connectivity index (χ3v) is 9.16. The summed E-state index contributed by atoms with van der Waals surface area (Å²) in [7, 11) is 0. The number of hydrogen-bond acceptors (Lipinski definition) is 6. The Balaban J connectivity index is 1.59. The van der Waals surface area contributed by atoms with Crippen molar-refractivity contribution in [3.05, 3.63) is 46.7 Å². The SMILES string of the molecule is CCC(=O)C(C)(NCCCc1ccc(-c2ccc(-c3cccs3)s2)s1)C(C)(O)C(F)F. The molecule has 0 saturated carbocycles. The summed E-state index contributed by atoms with van der Waals surface area (Å²) in [6.07, 6.45) is -1.50. The summed E-state index contributed by atoms with van der Waals surface area (Å²) < 4.78 is 26.8. The molecule has 31 heavy (non-hydrogen) atoms. The van der Waals surface area contributed by atoms with Crippen LogP contribution in [0, 0.1) is 0 Å². The Hall–Kier alpha value is -1.45. The summed E-state index contributed by atoms with van der Waals surface area (Å²) in [5.74, 6) is -0.421. The molecule has 0 aliphatic rings. The summed E-state index contributed by atoms with van der Waals surface area (Å²) in [5, 5.41) is 15.3. The van der Waals surface area contributed by atoms with E-state index in [9.17, 15) is 18.7 Å². The average Bonchev–Trinajstić information content (AvgIpc) is 3.50. The number of carbonyl (C=O) groups is 1. The van der Waals surface area contributed by atoms with Crippen molar-refractivity contribution in [3.63, 3.8) is 0 Å². The number of carbonyl (C=O) groups excluding carboxylic acids is 1. The number of hydrogen-bond donors (Lipinski definition) is 2. The van der Waals surface area contributed by atoms with Gasteiger partial charge in [0, 0.05) is 30.8 Å². The van der Waals surface area contributed by atoms with Crippen LogP contribution < -0.4 is 5.32 Å². The van der Waals surface area contributed by atoms with Crippen LogP contribution in [0.1, 0.15) is 38.5 Å². The van der Waals surface area contributed by atoms with Crippen molar-refractivity contribution in [2.45, 2.75) is 57.6 Å². The van der Waals surface area contributed by atoms with E-state index in [4.69, 9.17) is 0 Å². The van der Waals surface area contributed by atoms with Gasteiger partial charge in [-0.1, -0.05) is 13.0 Å². The van der Waals surface area contributed by atoms with Crippen LogP contribution in [0.5, 0.6) is 0 Å². The van der Waals surface area contributed by atoms with Gasteiger partial charge in [0.05, 0.1) is 0 Å². The fraction of sp³-hybridized carbons (Fsp3) is 0.435. The predicted octanol–water partition coefficient (Wildman–Crippen LogP) is 6.48. The van der Waals surface area contributed by atoms with E-state index >= 15 is 0 Å². The van der Waals surface area contributed by atoms with Crippen LogP contribution in [0.4, 0.5) is 8.78 Å². The van der Waals surface area contributed by atoms with E-state index in [1.54, 1.807) is 40.9 Å². The maximum Gasteiger partial charge on any atom is 0.268 e. The van der Waals surface area contributed by atoms with Crippen LogP contribution >= 0.6 is 34.0 Å². The number of alkyl halides is 2. The first-order valence-corrected chi connectivity index (χ1v) is 12.7. The zero-order valence-corrected chi connectivity index (χ0v) is 20.2. The molecule has 0 radical (unpaired) electrons. The van der Waals surface area contributed by atoms with Crippen LogP contribution in [-0.2, 0) is 11.2 Å². The summed E-state index contributed by atoms with van der Waals surface area (Å²) in [6, 6.07) is 12.7. The van der Waals surface area contributed by atoms with Gasteiger partial charge in [0.15, 0.2) is 5.78 Å². The minimum absolute atomic E-state index is 0.0783. The van der Waals surface area contributed by atoms with Gasteiger partial charge in [-0.2, -0.15) is 0 Å². The molecule has 8 heteroatoms. The molecule has 3 aromatic rings. The van der Waals surface area contributed by atoms with Crippen molar-refractivity contribution in [2.75, 3.05) is 6.54 Å². The van der Waals surface area contributed by atoms with E-state index in [1.807, 2.05) is 0 Å². The number of aliphatic hydroxyl groups is 1. The third-order valence-electron chi connectivity index (χ3n) is 5.67. The van der Waals surface area contributed by atoms with Crippen LogP contribution in [0.25, 0.3) is 19.5 Å². The van der Waals surface area contributed by atoms with Gasteiger partial charge in [-0.25, -0.2) is 8.78 Å². The number of halogens is 2. The molecule has 0 amide bonds. The van der Waals surface area contributed by atoms with Crippen LogP contribution in [-0.4, -0.2) is 35.0 Å². The Kier molecular flexibility index (Phi) is 7.81. The normalized spacial score (nSPS) is 15.7. The molecule has 0 spiro atoms. The fourth-order valence-electron chi connectivity index (χ4n) is 3.40. The van der Waals surface area contributed by atoms with Gasteiger partial charge in [0.1, 0.15) is 11.1 Å². The molecule has 0 aliphatic heterocycles. The first-order chi connectivity index (χ1) is 14.7. The van der Waals surface area contributed by atoms with Crippen LogP contribution in [0.2, 0.25) is 0 Å². The van der Waals surface area contributed by atoms with E-state index in [0.717, 1.165) is 13.3 Å². The molecular weight excluding hydrogens is 456 g/mol. The molecule has 0 aromatic carbocycles. The van der Waals surface area contributed by atoms with Crippen molar-refractivity contribution in [1.29, 1.82) is 0 Å². The number of nitrogens with one attached hydrogen (secondary N) is 1. The lowest BCUT2D eigenvalue weighted by molar-refractivity contribution is -0.158. The lowest BCUT2D eigenvalue weighted by Crippen LogP contribution is -2.67. The molecule has 0 fully saturated rings. The standard InChI is InChI=1S/C23H27F2NO2S3/c1-4-20(27)22(2,23(3,28)21(24)25)26-13-5-7-15-9-10-18(30-15)19-12-11-17(31-19)16-8-6-14-29-16/h6,8-12,14,21,26,28H,4-5,7,13H2,1-3H3. The van der Waals surface area contributed by atoms with Gasteiger partial charge in [-0.05, 0) is 68.9 Å². The molecule has 3 aromatic heterocycles. The zero-order chi connectivity index (χ0) is 22.6. The Morgan fingerprint density at radius 2 is 1.71 bits per heavy atom. The highest BCUT2D eigenvalue weighted by molar-refractivity contribution is 7.26. The van der Waals surface area contributed by atoms with E-state index in [0.29, 0.717) is 13.0 Å². The molecule has 0 saturated heterocycles. The second-order valence-electron chi connectivity index (χ2n) is 7.79. The van der Waals surface area contributed by atoms with Crippen LogP contribution in [0.3, 0.4) is 0 Å². The molecule has 0 bridgehead atoms. The van der Waals surface area contributed by atoms with E-state index < -0.39 is 23.3 Å². The van der Waals surface area contributed by atoms with Crippen molar-refractivity contribution in [3.8, 4) is 19.5 Å². The lowest BCUT2D eigenvalue weighted by atomic mass is 9.78. The lowest BCUT2D eigenvalue weighted by Gasteiger charge is -2.41. The zero-order valence-electron chi connectivity index (χ0n) is 17.8. The Labute approximate surface area is 193 Å². The van der Waals surface area contributed by atoms with E-state index in [2.05, 4.69) is 47.1 Å². The Morgan fingerprint density at radius 3 is 2.32 bits per heavy atom. The third kappa shape index (κ3) is 5.14. The van der Waals surface area contributed by atoms with Gasteiger partial charge in [0.2, 0.25) is 0 Å². The molecule has 3 nitrogen and oxygen atoms in total. The number of thiophene rings is 3. The summed E-state index contributed by atoms with van der Waals surface area (Å²) >= 11 is 5.23. The minimum Gasteiger partial charge on any atom is -0.382 e. The first-order valence-electron chi connectivity index (χ1n) is 10.2. The molecule has 0 aliphatic carbocycles. The van der Waals surface area contributed by atoms with Gasteiger partial charge >= 0.3 is 0 Å².